The van der Waals surface area contributed by atoms with Crippen molar-refractivity contribution in [3.8, 4) is 45.2 Å². The van der Waals surface area contributed by atoms with Gasteiger partial charge < -0.3 is 0 Å². The number of aromatic nitrogens is 6. The molecule has 0 aliphatic carbocycles. The zero-order valence-corrected chi connectivity index (χ0v) is 24.0. The number of benzene rings is 5. The molecule has 0 unspecified atom stereocenters. The van der Waals surface area contributed by atoms with E-state index in [1.807, 2.05) is 97.1 Å². The number of rotatable bonds is 4. The highest BCUT2D eigenvalue weighted by molar-refractivity contribution is 6.12. The molecule has 9 aromatic rings. The van der Waals surface area contributed by atoms with E-state index in [0.29, 0.717) is 22.6 Å². The van der Waals surface area contributed by atoms with E-state index >= 15 is 0 Å². The van der Waals surface area contributed by atoms with Crippen molar-refractivity contribution in [2.24, 2.45) is 0 Å². The number of hydrogen-bond acceptors (Lipinski definition) is 5. The van der Waals surface area contributed by atoms with E-state index in [0.717, 1.165) is 61.3 Å². The largest absolute Gasteiger partial charge is 0.258 e. The van der Waals surface area contributed by atoms with Crippen LogP contribution >= 0.6 is 0 Å². The van der Waals surface area contributed by atoms with Gasteiger partial charge in [0, 0.05) is 33.0 Å². The summed E-state index contributed by atoms with van der Waals surface area (Å²) >= 11 is 0. The van der Waals surface area contributed by atoms with Crippen molar-refractivity contribution in [1.29, 1.82) is 0 Å². The Labute approximate surface area is 258 Å². The van der Waals surface area contributed by atoms with Crippen LogP contribution in [0.4, 0.5) is 0 Å². The molecule has 0 bridgehead atoms. The predicted octanol–water partition coefficient (Wildman–Crippen LogP) is 9.04. The lowest BCUT2D eigenvalue weighted by Crippen LogP contribution is -2.02. The number of fused-ring (bicyclic) bond motifs is 8. The van der Waals surface area contributed by atoms with Gasteiger partial charge in [-0.05, 0) is 0 Å². The standard InChI is InChI=1S/C39H24N6/c1-5-15-25(16-6-1)31-32(26-17-7-2-8-18-26)42-38-34(40-31)29-23-13-14-24-30(29)37-43-35-33(27-19-9-3-10-20-27)41-36(44-39(35)45(37)38)28-21-11-4-12-22-28/h1-24H. The molecule has 0 aliphatic rings. The summed E-state index contributed by atoms with van der Waals surface area (Å²) in [5.74, 6) is 0.627. The van der Waals surface area contributed by atoms with Crippen molar-refractivity contribution < 1.29 is 0 Å². The van der Waals surface area contributed by atoms with Crippen LogP contribution in [-0.4, -0.2) is 29.3 Å². The second-order valence-corrected chi connectivity index (χ2v) is 10.9. The maximum Gasteiger partial charge on any atom is 0.170 e. The molecule has 0 spiro atoms. The lowest BCUT2D eigenvalue weighted by molar-refractivity contribution is 1.15. The molecule has 0 saturated heterocycles. The van der Waals surface area contributed by atoms with Crippen LogP contribution in [0.25, 0.3) is 83.9 Å². The van der Waals surface area contributed by atoms with Gasteiger partial charge in [-0.3, -0.25) is 4.40 Å². The second kappa shape index (κ2) is 10.2. The number of imidazole rings is 1. The molecule has 5 aromatic carbocycles. The number of hydrogen-bond donors (Lipinski definition) is 0. The quantitative estimate of drug-likeness (QED) is 0.196. The smallest absolute Gasteiger partial charge is 0.170 e. The molecule has 45 heavy (non-hydrogen) atoms. The molecule has 6 nitrogen and oxygen atoms in total. The van der Waals surface area contributed by atoms with Gasteiger partial charge in [-0.25, -0.2) is 24.9 Å². The summed E-state index contributed by atoms with van der Waals surface area (Å²) in [5.41, 5.74) is 9.96. The number of pyridine rings is 1. The first kappa shape index (κ1) is 25.2. The molecule has 4 aromatic heterocycles. The SMILES string of the molecule is c1ccc(-c2nc(-c3ccccc3)c3nc4c5ccccc5c5nc(-c6ccccc6)c(-c6ccccc6)nc5n4c3n2)cc1. The summed E-state index contributed by atoms with van der Waals surface area (Å²) in [4.78, 5) is 26.4. The van der Waals surface area contributed by atoms with Gasteiger partial charge in [0.1, 0.15) is 22.4 Å². The fourth-order valence-corrected chi connectivity index (χ4v) is 6.10. The van der Waals surface area contributed by atoms with Gasteiger partial charge in [-0.15, -0.1) is 0 Å². The van der Waals surface area contributed by atoms with Crippen molar-refractivity contribution in [2.75, 3.05) is 0 Å². The minimum Gasteiger partial charge on any atom is -0.258 e. The molecule has 0 fully saturated rings. The van der Waals surface area contributed by atoms with Gasteiger partial charge in [0.05, 0.1) is 11.4 Å². The van der Waals surface area contributed by atoms with Crippen LogP contribution in [0.2, 0.25) is 0 Å². The Morgan fingerprint density at radius 2 is 0.778 bits per heavy atom. The van der Waals surface area contributed by atoms with Crippen LogP contribution in [0.3, 0.4) is 0 Å². The lowest BCUT2D eigenvalue weighted by Gasteiger charge is -2.14. The van der Waals surface area contributed by atoms with Crippen LogP contribution in [-0.2, 0) is 0 Å². The molecule has 9 rings (SSSR count). The van der Waals surface area contributed by atoms with E-state index in [-0.39, 0.29) is 0 Å². The molecule has 0 radical (unpaired) electrons. The molecule has 0 amide bonds. The van der Waals surface area contributed by atoms with E-state index in [1.54, 1.807) is 0 Å². The maximum absolute atomic E-state index is 5.43. The second-order valence-electron chi connectivity index (χ2n) is 10.9. The Balaban J connectivity index is 1.49. The zero-order valence-electron chi connectivity index (χ0n) is 24.0. The van der Waals surface area contributed by atoms with E-state index in [4.69, 9.17) is 24.9 Å². The van der Waals surface area contributed by atoms with Crippen LogP contribution in [0.5, 0.6) is 0 Å². The first-order valence-corrected chi connectivity index (χ1v) is 14.9. The van der Waals surface area contributed by atoms with E-state index in [9.17, 15) is 0 Å². The van der Waals surface area contributed by atoms with Crippen LogP contribution < -0.4 is 0 Å². The Morgan fingerprint density at radius 1 is 0.311 bits per heavy atom. The van der Waals surface area contributed by atoms with Crippen molar-refractivity contribution in [1.82, 2.24) is 29.3 Å². The van der Waals surface area contributed by atoms with Crippen molar-refractivity contribution in [3.63, 3.8) is 0 Å². The Kier molecular flexibility index (Phi) is 5.71. The van der Waals surface area contributed by atoms with Crippen LogP contribution in [0.15, 0.2) is 146 Å². The van der Waals surface area contributed by atoms with Gasteiger partial charge in [-0.1, -0.05) is 146 Å². The molecule has 0 aliphatic heterocycles. The summed E-state index contributed by atoms with van der Waals surface area (Å²) in [6.45, 7) is 0. The average molecular weight is 577 g/mol. The molecule has 4 heterocycles. The predicted molar refractivity (Wildman–Crippen MR) is 181 cm³/mol. The number of nitrogens with zero attached hydrogens (tertiary/aromatic N) is 6. The first-order chi connectivity index (χ1) is 22.3. The fraction of sp³-hybridized carbons (Fsp3) is 0. The average Bonchev–Trinajstić information content (AvgIpc) is 3.52. The van der Waals surface area contributed by atoms with Crippen molar-refractivity contribution >= 4 is 38.7 Å². The third kappa shape index (κ3) is 4.07. The summed E-state index contributed by atoms with van der Waals surface area (Å²) in [7, 11) is 0. The van der Waals surface area contributed by atoms with Crippen molar-refractivity contribution in [3.05, 3.63) is 146 Å². The molecule has 0 N–H and O–H groups in total. The molecule has 0 saturated carbocycles. The van der Waals surface area contributed by atoms with E-state index in [1.165, 1.54) is 0 Å². The minimum atomic E-state index is 0.627. The van der Waals surface area contributed by atoms with Crippen LogP contribution in [0.1, 0.15) is 0 Å². The molecule has 210 valence electrons. The Bertz CT molecular complexity index is 2510. The Hall–Kier alpha value is -6.27. The van der Waals surface area contributed by atoms with E-state index < -0.39 is 0 Å². The summed E-state index contributed by atoms with van der Waals surface area (Å²) in [5, 5.41) is 1.96. The normalized spacial score (nSPS) is 11.6. The van der Waals surface area contributed by atoms with Gasteiger partial charge in [-0.2, -0.15) is 0 Å². The summed E-state index contributed by atoms with van der Waals surface area (Å²) < 4.78 is 2.07. The first-order valence-electron chi connectivity index (χ1n) is 14.9. The van der Waals surface area contributed by atoms with Gasteiger partial charge >= 0.3 is 0 Å². The molecular weight excluding hydrogens is 552 g/mol. The third-order valence-electron chi connectivity index (χ3n) is 8.19. The van der Waals surface area contributed by atoms with Crippen molar-refractivity contribution in [2.45, 2.75) is 0 Å². The highest BCUT2D eigenvalue weighted by atomic mass is 15.1. The molecular formula is C39H24N6. The maximum atomic E-state index is 5.43. The zero-order chi connectivity index (χ0) is 29.7. The third-order valence-corrected chi connectivity index (χ3v) is 8.19. The van der Waals surface area contributed by atoms with Gasteiger partial charge in [0.2, 0.25) is 0 Å². The summed E-state index contributed by atoms with van der Waals surface area (Å²) in [6, 6.07) is 49.0. The monoisotopic (exact) mass is 576 g/mol. The van der Waals surface area contributed by atoms with Gasteiger partial charge in [0.15, 0.2) is 17.1 Å². The topological polar surface area (TPSA) is 68.9 Å². The summed E-state index contributed by atoms with van der Waals surface area (Å²) in [6.07, 6.45) is 0. The Morgan fingerprint density at radius 3 is 1.38 bits per heavy atom. The lowest BCUT2D eigenvalue weighted by atomic mass is 10.0. The van der Waals surface area contributed by atoms with E-state index in [2.05, 4.69) is 52.9 Å². The van der Waals surface area contributed by atoms with Crippen LogP contribution in [0, 0.1) is 0 Å². The molecule has 6 heteroatoms. The highest BCUT2D eigenvalue weighted by Gasteiger charge is 2.23. The minimum absolute atomic E-state index is 0.627. The fourth-order valence-electron chi connectivity index (χ4n) is 6.10. The molecule has 0 atom stereocenters. The highest BCUT2D eigenvalue weighted by Crippen LogP contribution is 2.37. The van der Waals surface area contributed by atoms with Gasteiger partial charge in [0.25, 0.3) is 0 Å².